The first-order chi connectivity index (χ1) is 6.09. The van der Waals surface area contributed by atoms with E-state index in [1.165, 1.54) is 0 Å². The topological polar surface area (TPSA) is 41.5 Å². The summed E-state index contributed by atoms with van der Waals surface area (Å²) in [4.78, 5) is 0. The minimum atomic E-state index is -0.683. The SMILES string of the molecule is [B][C@@](C)(CNI)O[C@H](CO)C1CC1. The van der Waals surface area contributed by atoms with E-state index >= 15 is 0 Å². The van der Waals surface area contributed by atoms with Crippen LogP contribution >= 0.6 is 22.9 Å². The lowest BCUT2D eigenvalue weighted by molar-refractivity contribution is -0.0614. The standard InChI is InChI=1S/C8H15BINO2/c1-8(9,5-11-10)13-7(4-12)6-2-3-6/h6-7,11-12H,2-5H2,1H3/t7-,8-/m1/s1. The van der Waals surface area contributed by atoms with Crippen molar-refractivity contribution in [2.24, 2.45) is 5.92 Å². The molecule has 1 saturated carbocycles. The minimum absolute atomic E-state index is 0.0682. The Bertz CT molecular complexity index is 164. The van der Waals surface area contributed by atoms with Crippen molar-refractivity contribution in [3.63, 3.8) is 0 Å². The molecule has 1 rings (SSSR count). The van der Waals surface area contributed by atoms with E-state index < -0.39 is 5.50 Å². The van der Waals surface area contributed by atoms with Gasteiger partial charge in [-0.05, 0) is 25.7 Å². The van der Waals surface area contributed by atoms with E-state index in [1.54, 1.807) is 0 Å². The Labute approximate surface area is 94.5 Å². The monoisotopic (exact) mass is 295 g/mol. The van der Waals surface area contributed by atoms with Crippen LogP contribution in [0.4, 0.5) is 0 Å². The molecule has 5 heteroatoms. The van der Waals surface area contributed by atoms with Gasteiger partial charge >= 0.3 is 0 Å². The van der Waals surface area contributed by atoms with E-state index in [0.717, 1.165) is 12.8 Å². The maximum Gasteiger partial charge on any atom is 0.115 e. The third-order valence-electron chi connectivity index (χ3n) is 2.17. The van der Waals surface area contributed by atoms with Gasteiger partial charge < -0.3 is 9.84 Å². The summed E-state index contributed by atoms with van der Waals surface area (Å²) < 4.78 is 8.55. The highest BCUT2D eigenvalue weighted by Crippen LogP contribution is 2.35. The van der Waals surface area contributed by atoms with Crippen molar-refractivity contribution in [2.45, 2.75) is 31.4 Å². The molecule has 0 amide bonds. The van der Waals surface area contributed by atoms with E-state index in [-0.39, 0.29) is 12.7 Å². The second kappa shape index (κ2) is 4.95. The molecule has 0 bridgehead atoms. The number of halogens is 1. The van der Waals surface area contributed by atoms with Crippen molar-refractivity contribution in [1.82, 2.24) is 3.53 Å². The molecule has 0 spiro atoms. The molecule has 2 N–H and O–H groups in total. The number of hydrogen-bond acceptors (Lipinski definition) is 3. The van der Waals surface area contributed by atoms with Crippen molar-refractivity contribution >= 4 is 30.7 Å². The van der Waals surface area contributed by atoms with Crippen LogP contribution in [0.5, 0.6) is 0 Å². The molecule has 0 saturated heterocycles. The van der Waals surface area contributed by atoms with Crippen LogP contribution in [0.1, 0.15) is 19.8 Å². The summed E-state index contributed by atoms with van der Waals surface area (Å²) >= 11 is 2.03. The molecule has 0 aliphatic heterocycles. The Morgan fingerprint density at radius 3 is 2.77 bits per heavy atom. The van der Waals surface area contributed by atoms with Gasteiger partial charge in [-0.2, -0.15) is 0 Å². The zero-order valence-corrected chi connectivity index (χ0v) is 9.95. The smallest absolute Gasteiger partial charge is 0.115 e. The predicted molar refractivity (Wildman–Crippen MR) is 60.9 cm³/mol. The fourth-order valence-corrected chi connectivity index (χ4v) is 2.03. The summed E-state index contributed by atoms with van der Waals surface area (Å²) in [6, 6.07) is 0. The summed E-state index contributed by atoms with van der Waals surface area (Å²) in [6.07, 6.45) is 2.22. The average Bonchev–Trinajstić information content (AvgIpc) is 2.82. The molecule has 1 fully saturated rings. The Morgan fingerprint density at radius 2 is 2.38 bits per heavy atom. The van der Waals surface area contributed by atoms with Gasteiger partial charge in [0, 0.05) is 34.9 Å². The Kier molecular flexibility index (Phi) is 4.48. The maximum atomic E-state index is 9.07. The second-order valence-corrected chi connectivity index (χ2v) is 4.56. The fourth-order valence-electron chi connectivity index (χ4n) is 1.27. The zero-order chi connectivity index (χ0) is 9.90. The van der Waals surface area contributed by atoms with Gasteiger partial charge in [-0.15, -0.1) is 0 Å². The van der Waals surface area contributed by atoms with Crippen LogP contribution < -0.4 is 3.53 Å². The molecular weight excluding hydrogens is 280 g/mol. The summed E-state index contributed by atoms with van der Waals surface area (Å²) in [7, 11) is 5.87. The first-order valence-corrected chi connectivity index (χ1v) is 5.58. The van der Waals surface area contributed by atoms with Crippen LogP contribution in [-0.4, -0.2) is 37.7 Å². The molecular formula is C8H15BINO2. The molecule has 0 unspecified atom stereocenters. The molecule has 2 atom stereocenters. The summed E-state index contributed by atoms with van der Waals surface area (Å²) in [5, 5.41) is 9.07. The third-order valence-corrected chi connectivity index (χ3v) is 2.55. The van der Waals surface area contributed by atoms with E-state index in [2.05, 4.69) is 3.53 Å². The molecule has 3 nitrogen and oxygen atoms in total. The van der Waals surface area contributed by atoms with E-state index in [1.807, 2.05) is 29.8 Å². The number of rotatable bonds is 6. The summed E-state index contributed by atoms with van der Waals surface area (Å²) in [6.45, 7) is 2.47. The molecule has 1 aliphatic rings. The van der Waals surface area contributed by atoms with Crippen LogP contribution in [0.25, 0.3) is 0 Å². The molecule has 13 heavy (non-hydrogen) atoms. The number of hydrogen-bond donors (Lipinski definition) is 2. The molecule has 74 valence electrons. The van der Waals surface area contributed by atoms with Crippen molar-refractivity contribution in [1.29, 1.82) is 0 Å². The predicted octanol–water partition coefficient (Wildman–Crippen LogP) is 0.598. The Balaban J connectivity index is 2.34. The number of ether oxygens (including phenoxy) is 1. The first kappa shape index (κ1) is 11.7. The third kappa shape index (κ3) is 4.14. The van der Waals surface area contributed by atoms with Crippen LogP contribution in [0.15, 0.2) is 0 Å². The summed E-state index contributed by atoms with van der Waals surface area (Å²) in [5.74, 6) is 0.516. The lowest BCUT2D eigenvalue weighted by Gasteiger charge is -2.30. The van der Waals surface area contributed by atoms with Gasteiger partial charge in [-0.3, -0.25) is 3.53 Å². The molecule has 2 radical (unpaired) electrons. The van der Waals surface area contributed by atoms with Crippen molar-refractivity contribution in [2.75, 3.05) is 13.2 Å². The molecule has 1 aliphatic carbocycles. The van der Waals surface area contributed by atoms with E-state index in [9.17, 15) is 0 Å². The van der Waals surface area contributed by atoms with Gasteiger partial charge in [-0.1, -0.05) is 0 Å². The van der Waals surface area contributed by atoms with Crippen molar-refractivity contribution in [3.8, 4) is 0 Å². The largest absolute Gasteiger partial charge is 0.394 e. The van der Waals surface area contributed by atoms with Gasteiger partial charge in [0.05, 0.1) is 12.7 Å². The number of nitrogens with one attached hydrogen (secondary N) is 1. The van der Waals surface area contributed by atoms with Gasteiger partial charge in [0.1, 0.15) is 7.85 Å². The van der Waals surface area contributed by atoms with E-state index in [4.69, 9.17) is 17.7 Å². The quantitative estimate of drug-likeness (QED) is 0.428. The van der Waals surface area contributed by atoms with Gasteiger partial charge in [0.2, 0.25) is 0 Å². The molecule has 0 aromatic heterocycles. The molecule has 0 heterocycles. The van der Waals surface area contributed by atoms with Gasteiger partial charge in [0.15, 0.2) is 0 Å². The lowest BCUT2D eigenvalue weighted by atomic mass is 9.83. The first-order valence-electron chi connectivity index (χ1n) is 4.50. The number of aliphatic hydroxyl groups excluding tert-OH is 1. The number of aliphatic hydroxyl groups is 1. The normalized spacial score (nSPS) is 23.9. The van der Waals surface area contributed by atoms with Gasteiger partial charge in [0.25, 0.3) is 0 Å². The maximum absolute atomic E-state index is 9.07. The second-order valence-electron chi connectivity index (χ2n) is 3.80. The van der Waals surface area contributed by atoms with E-state index in [0.29, 0.717) is 12.5 Å². The van der Waals surface area contributed by atoms with Crippen LogP contribution in [0, 0.1) is 5.92 Å². The minimum Gasteiger partial charge on any atom is -0.394 e. The lowest BCUT2D eigenvalue weighted by Crippen LogP contribution is -2.43. The molecule has 0 aromatic carbocycles. The van der Waals surface area contributed by atoms with Crippen LogP contribution in [0.3, 0.4) is 0 Å². The van der Waals surface area contributed by atoms with Gasteiger partial charge in [-0.25, -0.2) is 0 Å². The van der Waals surface area contributed by atoms with Crippen molar-refractivity contribution in [3.05, 3.63) is 0 Å². The zero-order valence-electron chi connectivity index (χ0n) is 7.79. The Morgan fingerprint density at radius 1 is 1.77 bits per heavy atom. The molecule has 0 aromatic rings. The highest BCUT2D eigenvalue weighted by Gasteiger charge is 2.34. The summed E-state index contributed by atoms with van der Waals surface area (Å²) in [5.41, 5.74) is -0.683. The highest BCUT2D eigenvalue weighted by molar-refractivity contribution is 14.1. The van der Waals surface area contributed by atoms with Crippen LogP contribution in [0.2, 0.25) is 0 Å². The average molecular weight is 295 g/mol. The fraction of sp³-hybridized carbons (Fsp3) is 1.00. The van der Waals surface area contributed by atoms with Crippen molar-refractivity contribution < 1.29 is 9.84 Å². The van der Waals surface area contributed by atoms with Crippen LogP contribution in [-0.2, 0) is 4.74 Å². The highest BCUT2D eigenvalue weighted by atomic mass is 127. The Hall–Kier alpha value is 0.675.